The summed E-state index contributed by atoms with van der Waals surface area (Å²) in [6.07, 6.45) is -0.429. The SMILES string of the molecule is O=C(OC1CCC2OOC1O2)c1ccc([NH+]([O-])O)cc1. The molecule has 8 nitrogen and oxygen atoms in total. The number of esters is 1. The predicted molar refractivity (Wildman–Crippen MR) is 61.5 cm³/mol. The predicted octanol–water partition coefficient (Wildman–Crippen LogP) is 0.0398. The Labute approximate surface area is 113 Å². The van der Waals surface area contributed by atoms with E-state index in [1.54, 1.807) is 0 Å². The second-order valence-corrected chi connectivity index (χ2v) is 4.53. The third-order valence-corrected chi connectivity index (χ3v) is 3.16. The van der Waals surface area contributed by atoms with Gasteiger partial charge in [0.1, 0.15) is 0 Å². The summed E-state index contributed by atoms with van der Waals surface area (Å²) >= 11 is 0. The Morgan fingerprint density at radius 3 is 2.75 bits per heavy atom. The third-order valence-electron chi connectivity index (χ3n) is 3.16. The van der Waals surface area contributed by atoms with Crippen molar-refractivity contribution in [2.45, 2.75) is 31.5 Å². The summed E-state index contributed by atoms with van der Waals surface area (Å²) in [5.41, 5.74) is 0.383. The van der Waals surface area contributed by atoms with Crippen LogP contribution in [0.5, 0.6) is 0 Å². The van der Waals surface area contributed by atoms with Crippen molar-refractivity contribution in [3.63, 3.8) is 0 Å². The number of nitrogens with one attached hydrogen (secondary N) is 1. The molecular weight excluding hydrogens is 270 g/mol. The van der Waals surface area contributed by atoms with Gasteiger partial charge in [-0.05, 0) is 18.6 Å². The molecule has 2 aliphatic rings. The lowest BCUT2D eigenvalue weighted by molar-refractivity contribution is -0.991. The maximum Gasteiger partial charge on any atom is 0.338 e. The summed E-state index contributed by atoms with van der Waals surface area (Å²) in [5, 5.41) is 18.5. The molecule has 1 aromatic rings. The van der Waals surface area contributed by atoms with Gasteiger partial charge in [0.15, 0.2) is 18.1 Å². The molecule has 0 spiro atoms. The van der Waals surface area contributed by atoms with Gasteiger partial charge in [-0.2, -0.15) is 10.1 Å². The lowest BCUT2D eigenvalue weighted by atomic mass is 10.1. The number of quaternary nitrogens is 1. The topological polar surface area (TPSA) is 102 Å². The molecule has 108 valence electrons. The number of hydrogen-bond donors (Lipinski definition) is 2. The first kappa shape index (κ1) is 13.4. The van der Waals surface area contributed by atoms with Crippen LogP contribution in [0.1, 0.15) is 23.2 Å². The highest BCUT2D eigenvalue weighted by atomic mass is 17.3. The van der Waals surface area contributed by atoms with Gasteiger partial charge in [-0.3, -0.25) is 0 Å². The van der Waals surface area contributed by atoms with Crippen LogP contribution in [0.4, 0.5) is 5.69 Å². The van der Waals surface area contributed by atoms with Crippen LogP contribution in [0.3, 0.4) is 0 Å². The van der Waals surface area contributed by atoms with Crippen molar-refractivity contribution >= 4 is 11.7 Å². The van der Waals surface area contributed by atoms with Gasteiger partial charge in [-0.15, -0.1) is 0 Å². The van der Waals surface area contributed by atoms with Crippen molar-refractivity contribution in [2.24, 2.45) is 0 Å². The number of carbonyl (C=O) groups is 1. The standard InChI is InChI=1S/C12H13NO7/c14-11(7-1-3-8(4-2-7)13(15)16)17-9-5-6-10-18-12(9)20-19-10/h1-4,9-10,12-13,15H,5-6H2. The zero-order chi connectivity index (χ0) is 14.1. The lowest BCUT2D eigenvalue weighted by Gasteiger charge is -2.24. The zero-order valence-electron chi connectivity index (χ0n) is 10.4. The monoisotopic (exact) mass is 283 g/mol. The Morgan fingerprint density at radius 1 is 1.30 bits per heavy atom. The highest BCUT2D eigenvalue weighted by Gasteiger charge is 2.42. The van der Waals surface area contributed by atoms with E-state index in [-0.39, 0.29) is 17.5 Å². The van der Waals surface area contributed by atoms with Crippen molar-refractivity contribution in [1.82, 2.24) is 0 Å². The molecule has 0 radical (unpaired) electrons. The minimum atomic E-state index is -1.05. The molecule has 8 heteroatoms. The summed E-state index contributed by atoms with van der Waals surface area (Å²) in [7, 11) is 0. The average Bonchev–Trinajstić information content (AvgIpc) is 2.85. The molecule has 0 aromatic heterocycles. The first-order valence-electron chi connectivity index (χ1n) is 6.15. The van der Waals surface area contributed by atoms with Gasteiger partial charge in [0, 0.05) is 18.6 Å². The van der Waals surface area contributed by atoms with Crippen LogP contribution in [0, 0.1) is 5.21 Å². The fourth-order valence-corrected chi connectivity index (χ4v) is 2.08. The van der Waals surface area contributed by atoms with E-state index in [1.807, 2.05) is 0 Å². The summed E-state index contributed by atoms with van der Waals surface area (Å²) in [6, 6.07) is 5.51. The average molecular weight is 283 g/mol. The van der Waals surface area contributed by atoms with E-state index >= 15 is 0 Å². The summed E-state index contributed by atoms with van der Waals surface area (Å²) in [6.45, 7) is 0. The second-order valence-electron chi connectivity index (χ2n) is 4.53. The van der Waals surface area contributed by atoms with Crippen LogP contribution < -0.4 is 5.23 Å². The van der Waals surface area contributed by atoms with Crippen LogP contribution in [-0.4, -0.2) is 29.9 Å². The van der Waals surface area contributed by atoms with Gasteiger partial charge < -0.3 is 14.7 Å². The van der Waals surface area contributed by atoms with Crippen LogP contribution in [0.15, 0.2) is 24.3 Å². The molecule has 1 aromatic carbocycles. The lowest BCUT2D eigenvalue weighted by Crippen LogP contribution is -2.99. The van der Waals surface area contributed by atoms with Crippen molar-refractivity contribution in [1.29, 1.82) is 0 Å². The summed E-state index contributed by atoms with van der Waals surface area (Å²) in [5.74, 6) is -0.551. The number of fused-ring (bicyclic) bond motifs is 2. The Kier molecular flexibility index (Phi) is 3.66. The van der Waals surface area contributed by atoms with Crippen molar-refractivity contribution in [3.8, 4) is 0 Å². The van der Waals surface area contributed by atoms with Gasteiger partial charge in [-0.1, -0.05) is 0 Å². The van der Waals surface area contributed by atoms with E-state index in [9.17, 15) is 10.0 Å². The molecule has 2 heterocycles. The number of hydrogen-bond acceptors (Lipinski definition) is 7. The molecule has 4 unspecified atom stereocenters. The molecular formula is C12H13NO7. The van der Waals surface area contributed by atoms with Crippen molar-refractivity contribution in [2.75, 3.05) is 0 Å². The normalized spacial score (nSPS) is 30.0. The van der Waals surface area contributed by atoms with Gasteiger partial charge in [0.25, 0.3) is 0 Å². The summed E-state index contributed by atoms with van der Waals surface area (Å²) in [4.78, 5) is 21.7. The Hall–Kier alpha value is -1.55. The quantitative estimate of drug-likeness (QED) is 0.458. The van der Waals surface area contributed by atoms with Crippen molar-refractivity contribution in [3.05, 3.63) is 35.0 Å². The van der Waals surface area contributed by atoms with Gasteiger partial charge >= 0.3 is 5.97 Å². The van der Waals surface area contributed by atoms with E-state index in [2.05, 4.69) is 0 Å². The van der Waals surface area contributed by atoms with Gasteiger partial charge in [0.05, 0.1) is 5.56 Å². The molecule has 2 bridgehead atoms. The molecule has 2 fully saturated rings. The number of carbonyl (C=O) groups excluding carboxylic acids is 1. The molecule has 2 saturated heterocycles. The smallest absolute Gasteiger partial charge is 0.338 e. The molecule has 0 saturated carbocycles. The third kappa shape index (κ3) is 2.66. The second kappa shape index (κ2) is 5.44. The number of rotatable bonds is 3. The van der Waals surface area contributed by atoms with Gasteiger partial charge in [0.2, 0.25) is 6.29 Å². The number of ether oxygens (including phenoxy) is 2. The highest BCUT2D eigenvalue weighted by molar-refractivity contribution is 5.89. The largest absolute Gasteiger partial charge is 0.595 e. The Bertz CT molecular complexity index is 489. The molecule has 2 N–H and O–H groups in total. The van der Waals surface area contributed by atoms with Crippen LogP contribution in [0.25, 0.3) is 0 Å². The van der Waals surface area contributed by atoms with E-state index in [4.69, 9.17) is 24.5 Å². The van der Waals surface area contributed by atoms with E-state index < -0.39 is 23.6 Å². The Balaban J connectivity index is 1.64. The minimum Gasteiger partial charge on any atom is -0.595 e. The van der Waals surface area contributed by atoms with E-state index in [0.717, 1.165) is 0 Å². The van der Waals surface area contributed by atoms with E-state index in [1.165, 1.54) is 24.3 Å². The van der Waals surface area contributed by atoms with Gasteiger partial charge in [-0.25, -0.2) is 14.9 Å². The van der Waals surface area contributed by atoms with E-state index in [0.29, 0.717) is 12.8 Å². The first-order chi connectivity index (χ1) is 9.63. The Morgan fingerprint density at radius 2 is 2.05 bits per heavy atom. The van der Waals surface area contributed by atoms with Crippen LogP contribution >= 0.6 is 0 Å². The highest BCUT2D eigenvalue weighted by Crippen LogP contribution is 2.30. The fraction of sp³-hybridized carbons (Fsp3) is 0.417. The first-order valence-corrected chi connectivity index (χ1v) is 6.15. The molecule has 4 atom stereocenters. The minimum absolute atomic E-state index is 0.109. The molecule has 0 amide bonds. The van der Waals surface area contributed by atoms with Crippen LogP contribution in [0.2, 0.25) is 0 Å². The molecule has 20 heavy (non-hydrogen) atoms. The molecule has 0 aliphatic carbocycles. The van der Waals surface area contributed by atoms with Crippen molar-refractivity contribution < 1.29 is 34.5 Å². The maximum atomic E-state index is 11.9. The zero-order valence-corrected chi connectivity index (χ0v) is 10.4. The maximum absolute atomic E-state index is 11.9. The number of benzene rings is 1. The molecule has 3 rings (SSSR count). The van der Waals surface area contributed by atoms with Crippen LogP contribution in [-0.2, 0) is 19.2 Å². The molecule has 2 aliphatic heterocycles. The fourth-order valence-electron chi connectivity index (χ4n) is 2.08. The summed E-state index contributed by atoms with van der Waals surface area (Å²) < 4.78 is 10.6.